The molecule has 1 N–H and O–H groups in total. The number of ether oxygens (including phenoxy) is 1. The van der Waals surface area contributed by atoms with Crippen LogP contribution in [-0.4, -0.2) is 22.1 Å². The average Bonchev–Trinajstić information content (AvgIpc) is 3.11. The van der Waals surface area contributed by atoms with Crippen LogP contribution in [0.4, 0.5) is 10.5 Å². The van der Waals surface area contributed by atoms with Gasteiger partial charge in [-0.15, -0.1) is 0 Å². The summed E-state index contributed by atoms with van der Waals surface area (Å²) in [6.45, 7) is 5.78. The molecule has 0 bridgehead atoms. The van der Waals surface area contributed by atoms with Crippen molar-refractivity contribution in [2.45, 2.75) is 6.92 Å². The van der Waals surface area contributed by atoms with Gasteiger partial charge in [0.1, 0.15) is 12.3 Å². The summed E-state index contributed by atoms with van der Waals surface area (Å²) in [5, 5.41) is 4.74. The summed E-state index contributed by atoms with van der Waals surface area (Å²) in [5.41, 5.74) is 4.71. The summed E-state index contributed by atoms with van der Waals surface area (Å²) in [7, 11) is 0. The lowest BCUT2D eigenvalue weighted by Crippen LogP contribution is -2.13. The number of hydrogen-bond acceptors (Lipinski definition) is 3. The van der Waals surface area contributed by atoms with E-state index in [2.05, 4.69) is 31.0 Å². The van der Waals surface area contributed by atoms with Crippen LogP contribution in [0.5, 0.6) is 0 Å². The molecule has 0 saturated carbocycles. The van der Waals surface area contributed by atoms with Crippen molar-refractivity contribution in [2.75, 3.05) is 11.9 Å². The summed E-state index contributed by atoms with van der Waals surface area (Å²) in [6.07, 6.45) is 5.04. The zero-order chi connectivity index (χ0) is 18.8. The maximum Gasteiger partial charge on any atom is 0.411 e. The summed E-state index contributed by atoms with van der Waals surface area (Å²) in [4.78, 5) is 16.6. The molecule has 0 saturated heterocycles. The standard InChI is InChI=1S/C22H19N3O2/c1-3-12-27-22(26)23-17-9-8-16-10-11-25-14-20(24-21(25)19(16)13-17)18-7-5-4-6-15(18)2/h3-11,13-14H,1,12H2,2H3,(H,23,26). The Morgan fingerprint density at radius 3 is 2.93 bits per heavy atom. The van der Waals surface area contributed by atoms with Crippen molar-refractivity contribution in [1.29, 1.82) is 0 Å². The Kier molecular flexibility index (Phi) is 4.34. The van der Waals surface area contributed by atoms with Crippen LogP contribution < -0.4 is 5.32 Å². The highest BCUT2D eigenvalue weighted by atomic mass is 16.5. The van der Waals surface area contributed by atoms with Crippen LogP contribution in [0.25, 0.3) is 27.7 Å². The van der Waals surface area contributed by atoms with Gasteiger partial charge in [-0.2, -0.15) is 0 Å². The monoisotopic (exact) mass is 357 g/mol. The van der Waals surface area contributed by atoms with Gasteiger partial charge in [-0.3, -0.25) is 5.32 Å². The van der Waals surface area contributed by atoms with Gasteiger partial charge >= 0.3 is 6.09 Å². The number of fused-ring (bicyclic) bond motifs is 3. The molecule has 4 aromatic rings. The predicted octanol–water partition coefficient (Wildman–Crippen LogP) is 5.20. The number of imidazole rings is 1. The number of aromatic nitrogens is 2. The number of pyridine rings is 1. The highest BCUT2D eigenvalue weighted by Gasteiger charge is 2.10. The minimum absolute atomic E-state index is 0.170. The summed E-state index contributed by atoms with van der Waals surface area (Å²) in [5.74, 6) is 0. The van der Waals surface area contributed by atoms with Crippen molar-refractivity contribution >= 4 is 28.2 Å². The Hall–Kier alpha value is -3.60. The summed E-state index contributed by atoms with van der Waals surface area (Å²) < 4.78 is 6.98. The lowest BCUT2D eigenvalue weighted by molar-refractivity contribution is 0.174. The Balaban J connectivity index is 1.77. The number of benzene rings is 2. The van der Waals surface area contributed by atoms with E-state index in [-0.39, 0.29) is 6.61 Å². The second-order valence-corrected chi connectivity index (χ2v) is 6.30. The second kappa shape index (κ2) is 6.96. The van der Waals surface area contributed by atoms with E-state index < -0.39 is 6.09 Å². The summed E-state index contributed by atoms with van der Waals surface area (Å²) >= 11 is 0. The molecule has 5 nitrogen and oxygen atoms in total. The largest absolute Gasteiger partial charge is 0.445 e. The van der Waals surface area contributed by atoms with Crippen LogP contribution in [0.15, 0.2) is 73.6 Å². The van der Waals surface area contributed by atoms with Crippen LogP contribution in [0.2, 0.25) is 0 Å². The van der Waals surface area contributed by atoms with Gasteiger partial charge < -0.3 is 9.14 Å². The second-order valence-electron chi connectivity index (χ2n) is 6.30. The van der Waals surface area contributed by atoms with Crippen molar-refractivity contribution in [1.82, 2.24) is 9.38 Å². The summed E-state index contributed by atoms with van der Waals surface area (Å²) in [6, 6.07) is 15.9. The molecule has 0 aliphatic rings. The Labute approximate surface area is 156 Å². The first-order valence-corrected chi connectivity index (χ1v) is 8.68. The molecule has 1 amide bonds. The highest BCUT2D eigenvalue weighted by Crippen LogP contribution is 2.28. The minimum Gasteiger partial charge on any atom is -0.445 e. The lowest BCUT2D eigenvalue weighted by atomic mass is 10.1. The van der Waals surface area contributed by atoms with E-state index in [1.807, 2.05) is 53.2 Å². The number of rotatable bonds is 4. The Morgan fingerprint density at radius 1 is 1.26 bits per heavy atom. The fraction of sp³-hybridized carbons (Fsp3) is 0.0909. The zero-order valence-corrected chi connectivity index (χ0v) is 15.0. The Morgan fingerprint density at radius 2 is 2.11 bits per heavy atom. The molecule has 4 rings (SSSR count). The fourth-order valence-corrected chi connectivity index (χ4v) is 3.12. The lowest BCUT2D eigenvalue weighted by Gasteiger charge is -2.07. The van der Waals surface area contributed by atoms with E-state index in [9.17, 15) is 4.79 Å². The van der Waals surface area contributed by atoms with Crippen LogP contribution in [0.1, 0.15) is 5.56 Å². The molecule has 27 heavy (non-hydrogen) atoms. The third-order valence-electron chi connectivity index (χ3n) is 4.44. The Bertz CT molecular complexity index is 1160. The predicted molar refractivity (Wildman–Crippen MR) is 108 cm³/mol. The number of hydrogen-bond donors (Lipinski definition) is 1. The smallest absolute Gasteiger partial charge is 0.411 e. The third-order valence-corrected chi connectivity index (χ3v) is 4.44. The maximum atomic E-state index is 11.8. The highest BCUT2D eigenvalue weighted by molar-refractivity contribution is 5.98. The number of carbonyl (C=O) groups is 1. The first kappa shape index (κ1) is 16.8. The molecular formula is C22H19N3O2. The van der Waals surface area contributed by atoms with Gasteiger partial charge in [0.2, 0.25) is 0 Å². The third kappa shape index (κ3) is 3.27. The number of anilines is 1. The topological polar surface area (TPSA) is 55.6 Å². The maximum absolute atomic E-state index is 11.8. The molecule has 2 aromatic heterocycles. The molecular weight excluding hydrogens is 338 g/mol. The van der Waals surface area contributed by atoms with Gasteiger partial charge in [-0.05, 0) is 36.1 Å². The zero-order valence-electron chi connectivity index (χ0n) is 15.0. The van der Waals surface area contributed by atoms with Gasteiger partial charge in [-0.25, -0.2) is 9.78 Å². The van der Waals surface area contributed by atoms with Crippen LogP contribution >= 0.6 is 0 Å². The van der Waals surface area contributed by atoms with Crippen molar-refractivity contribution in [3.8, 4) is 11.3 Å². The van der Waals surface area contributed by atoms with Gasteiger partial charge in [-0.1, -0.05) is 43.0 Å². The van der Waals surface area contributed by atoms with Gasteiger partial charge in [0.25, 0.3) is 0 Å². The molecule has 0 radical (unpaired) electrons. The van der Waals surface area contributed by atoms with E-state index in [0.29, 0.717) is 5.69 Å². The number of nitrogens with one attached hydrogen (secondary N) is 1. The number of aryl methyl sites for hydroxylation is 1. The van der Waals surface area contributed by atoms with Crippen LogP contribution in [-0.2, 0) is 4.74 Å². The van der Waals surface area contributed by atoms with Crippen LogP contribution in [0, 0.1) is 6.92 Å². The van der Waals surface area contributed by atoms with Crippen molar-refractivity contribution in [3.63, 3.8) is 0 Å². The quantitative estimate of drug-likeness (QED) is 0.511. The van der Waals surface area contributed by atoms with Gasteiger partial charge in [0, 0.05) is 29.0 Å². The normalized spacial score (nSPS) is 10.9. The molecule has 134 valence electrons. The molecule has 2 heterocycles. The van der Waals surface area contributed by atoms with Gasteiger partial charge in [0.05, 0.1) is 5.69 Å². The molecule has 0 spiro atoms. The first-order valence-electron chi connectivity index (χ1n) is 8.68. The molecule has 0 aliphatic carbocycles. The molecule has 0 unspecified atom stereocenters. The van der Waals surface area contributed by atoms with E-state index in [0.717, 1.165) is 27.7 Å². The first-order chi connectivity index (χ1) is 13.2. The van der Waals surface area contributed by atoms with E-state index in [1.54, 1.807) is 0 Å². The van der Waals surface area contributed by atoms with E-state index >= 15 is 0 Å². The fourth-order valence-electron chi connectivity index (χ4n) is 3.12. The molecule has 5 heteroatoms. The van der Waals surface area contributed by atoms with Crippen molar-refractivity contribution in [2.24, 2.45) is 0 Å². The average molecular weight is 357 g/mol. The molecule has 0 aliphatic heterocycles. The minimum atomic E-state index is -0.509. The number of nitrogens with zero attached hydrogens (tertiary/aromatic N) is 2. The number of carbonyl (C=O) groups excluding carboxylic acids is 1. The van der Waals surface area contributed by atoms with Crippen molar-refractivity contribution in [3.05, 3.63) is 79.1 Å². The van der Waals surface area contributed by atoms with E-state index in [4.69, 9.17) is 9.72 Å². The van der Waals surface area contributed by atoms with E-state index in [1.165, 1.54) is 11.6 Å². The number of amides is 1. The SMILES string of the molecule is C=CCOC(=O)Nc1ccc2ccn3cc(-c4ccccc4C)nc3c2c1. The van der Waals surface area contributed by atoms with Crippen LogP contribution in [0.3, 0.4) is 0 Å². The van der Waals surface area contributed by atoms with Gasteiger partial charge in [0.15, 0.2) is 0 Å². The molecule has 2 aromatic carbocycles. The van der Waals surface area contributed by atoms with Crippen molar-refractivity contribution < 1.29 is 9.53 Å². The molecule has 0 atom stereocenters. The molecule has 0 fully saturated rings.